The topological polar surface area (TPSA) is 90.9 Å². The average molecular weight is 419 g/mol. The SMILES string of the molecule is CCC(Oc1c(-c2ccco2)oc2ccccc2c1=O)C(=O)Nc1ccc(OC)cc1. The average Bonchev–Trinajstić information content (AvgIpc) is 3.33. The third kappa shape index (κ3) is 4.16. The van der Waals surface area contributed by atoms with Crippen LogP contribution in [-0.4, -0.2) is 19.1 Å². The summed E-state index contributed by atoms with van der Waals surface area (Å²) in [5.41, 5.74) is 0.621. The van der Waals surface area contributed by atoms with E-state index >= 15 is 0 Å². The van der Waals surface area contributed by atoms with Gasteiger partial charge in [-0.2, -0.15) is 0 Å². The van der Waals surface area contributed by atoms with Crippen molar-refractivity contribution in [3.63, 3.8) is 0 Å². The minimum atomic E-state index is -0.917. The van der Waals surface area contributed by atoms with Gasteiger partial charge in [0.1, 0.15) is 11.3 Å². The fourth-order valence-corrected chi connectivity index (χ4v) is 3.16. The largest absolute Gasteiger partial charge is 0.497 e. The second-order valence-electron chi connectivity index (χ2n) is 6.80. The van der Waals surface area contributed by atoms with Gasteiger partial charge in [-0.3, -0.25) is 9.59 Å². The quantitative estimate of drug-likeness (QED) is 0.460. The van der Waals surface area contributed by atoms with E-state index in [9.17, 15) is 9.59 Å². The van der Waals surface area contributed by atoms with Gasteiger partial charge in [0, 0.05) is 5.69 Å². The Morgan fingerprint density at radius 1 is 1.06 bits per heavy atom. The summed E-state index contributed by atoms with van der Waals surface area (Å²) in [4.78, 5) is 26.0. The molecule has 4 rings (SSSR count). The first kappa shape index (κ1) is 20.3. The second kappa shape index (κ2) is 8.79. The number of nitrogens with one attached hydrogen (secondary N) is 1. The van der Waals surface area contributed by atoms with E-state index in [2.05, 4.69) is 5.32 Å². The van der Waals surface area contributed by atoms with Crippen LogP contribution in [0.4, 0.5) is 5.69 Å². The summed E-state index contributed by atoms with van der Waals surface area (Å²) >= 11 is 0. The highest BCUT2D eigenvalue weighted by molar-refractivity contribution is 5.94. The summed E-state index contributed by atoms with van der Waals surface area (Å²) in [6, 6.07) is 17.1. The Balaban J connectivity index is 1.68. The van der Waals surface area contributed by atoms with Crippen LogP contribution in [0.2, 0.25) is 0 Å². The molecule has 0 radical (unpaired) electrons. The molecule has 1 atom stereocenters. The van der Waals surface area contributed by atoms with Crippen molar-refractivity contribution in [2.75, 3.05) is 12.4 Å². The molecule has 7 heteroatoms. The van der Waals surface area contributed by atoms with Crippen LogP contribution in [0, 0.1) is 0 Å². The maximum absolute atomic E-state index is 13.2. The Kier molecular flexibility index (Phi) is 5.75. The normalized spacial score (nSPS) is 11.8. The summed E-state index contributed by atoms with van der Waals surface area (Å²) in [6.07, 6.45) is 0.897. The number of amides is 1. The minimum Gasteiger partial charge on any atom is -0.497 e. The molecule has 4 aromatic rings. The van der Waals surface area contributed by atoms with Crippen molar-refractivity contribution in [1.82, 2.24) is 0 Å². The molecule has 158 valence electrons. The molecule has 0 saturated heterocycles. The first-order valence-electron chi connectivity index (χ1n) is 9.82. The molecule has 1 unspecified atom stereocenters. The standard InChI is InChI=1S/C24H21NO6/c1-3-18(24(27)25-15-10-12-16(28-2)13-11-15)30-23-21(26)17-7-4-5-8-19(17)31-22(23)20-9-6-14-29-20/h4-14,18H,3H2,1-2H3,(H,25,27). The Labute approximate surface area is 178 Å². The molecule has 0 aliphatic carbocycles. The van der Waals surface area contributed by atoms with Crippen LogP contribution in [0.1, 0.15) is 13.3 Å². The predicted molar refractivity (Wildman–Crippen MR) is 117 cm³/mol. The maximum atomic E-state index is 13.2. The molecule has 2 aromatic carbocycles. The van der Waals surface area contributed by atoms with E-state index in [1.807, 2.05) is 0 Å². The number of furan rings is 1. The summed E-state index contributed by atoms with van der Waals surface area (Å²) in [6.45, 7) is 1.80. The number of rotatable bonds is 7. The van der Waals surface area contributed by atoms with Gasteiger partial charge >= 0.3 is 0 Å². The molecule has 7 nitrogen and oxygen atoms in total. The van der Waals surface area contributed by atoms with Crippen molar-refractivity contribution >= 4 is 22.6 Å². The van der Waals surface area contributed by atoms with Gasteiger partial charge in [-0.15, -0.1) is 0 Å². The van der Waals surface area contributed by atoms with Crippen LogP contribution >= 0.6 is 0 Å². The van der Waals surface area contributed by atoms with E-state index in [4.69, 9.17) is 18.3 Å². The minimum absolute atomic E-state index is 0.0645. The number of carbonyl (C=O) groups excluding carboxylic acids is 1. The molecule has 0 aliphatic rings. The Morgan fingerprint density at radius 2 is 1.84 bits per heavy atom. The lowest BCUT2D eigenvalue weighted by molar-refractivity contribution is -0.122. The summed E-state index contributed by atoms with van der Waals surface area (Å²) < 4.78 is 22.4. The molecular weight excluding hydrogens is 398 g/mol. The highest BCUT2D eigenvalue weighted by Gasteiger charge is 2.26. The van der Waals surface area contributed by atoms with Crippen molar-refractivity contribution in [3.05, 3.63) is 77.2 Å². The van der Waals surface area contributed by atoms with Crippen LogP contribution < -0.4 is 20.2 Å². The molecule has 31 heavy (non-hydrogen) atoms. The predicted octanol–water partition coefficient (Wildman–Crippen LogP) is 4.86. The van der Waals surface area contributed by atoms with Crippen LogP contribution in [0.25, 0.3) is 22.5 Å². The molecule has 0 spiro atoms. The molecule has 0 bridgehead atoms. The van der Waals surface area contributed by atoms with Crippen LogP contribution in [0.15, 0.2) is 80.6 Å². The van der Waals surface area contributed by atoms with Crippen LogP contribution in [-0.2, 0) is 4.79 Å². The van der Waals surface area contributed by atoms with E-state index in [0.717, 1.165) is 0 Å². The fourth-order valence-electron chi connectivity index (χ4n) is 3.16. The first-order chi connectivity index (χ1) is 15.1. The third-order valence-electron chi connectivity index (χ3n) is 4.78. The van der Waals surface area contributed by atoms with E-state index in [-0.39, 0.29) is 22.8 Å². The number of hydrogen-bond acceptors (Lipinski definition) is 6. The lowest BCUT2D eigenvalue weighted by atomic mass is 10.1. The van der Waals surface area contributed by atoms with Gasteiger partial charge in [-0.25, -0.2) is 0 Å². The van der Waals surface area contributed by atoms with Gasteiger partial charge in [0.25, 0.3) is 5.91 Å². The Bertz CT molecular complexity index is 1240. The van der Waals surface area contributed by atoms with E-state index in [0.29, 0.717) is 34.6 Å². The van der Waals surface area contributed by atoms with Gasteiger partial charge in [0.15, 0.2) is 11.9 Å². The number of carbonyl (C=O) groups is 1. The summed E-state index contributed by atoms with van der Waals surface area (Å²) in [5.74, 6) is 0.710. The molecular formula is C24H21NO6. The third-order valence-corrected chi connectivity index (χ3v) is 4.78. The van der Waals surface area contributed by atoms with E-state index < -0.39 is 6.10 Å². The number of fused-ring (bicyclic) bond motifs is 1. The number of benzene rings is 2. The smallest absolute Gasteiger partial charge is 0.265 e. The lowest BCUT2D eigenvalue weighted by Crippen LogP contribution is -2.34. The highest BCUT2D eigenvalue weighted by atomic mass is 16.5. The highest BCUT2D eigenvalue weighted by Crippen LogP contribution is 2.32. The number of anilines is 1. The molecule has 1 amide bonds. The molecule has 2 aromatic heterocycles. The van der Waals surface area contributed by atoms with Gasteiger partial charge in [-0.05, 0) is 55.0 Å². The molecule has 0 aliphatic heterocycles. The number of methoxy groups -OCH3 is 1. The van der Waals surface area contributed by atoms with Crippen LogP contribution in [0.3, 0.4) is 0 Å². The number of para-hydroxylation sites is 1. The second-order valence-corrected chi connectivity index (χ2v) is 6.80. The van der Waals surface area contributed by atoms with Crippen molar-refractivity contribution in [2.45, 2.75) is 19.4 Å². The lowest BCUT2D eigenvalue weighted by Gasteiger charge is -2.18. The van der Waals surface area contributed by atoms with Gasteiger partial charge < -0.3 is 23.6 Å². The van der Waals surface area contributed by atoms with E-state index in [1.165, 1.54) is 6.26 Å². The number of ether oxygens (including phenoxy) is 2. The maximum Gasteiger partial charge on any atom is 0.265 e. The summed E-state index contributed by atoms with van der Waals surface area (Å²) in [7, 11) is 1.57. The van der Waals surface area contributed by atoms with Crippen molar-refractivity contribution in [2.24, 2.45) is 0 Å². The van der Waals surface area contributed by atoms with Crippen molar-refractivity contribution in [1.29, 1.82) is 0 Å². The van der Waals surface area contributed by atoms with Crippen molar-refractivity contribution < 1.29 is 23.1 Å². The molecule has 0 saturated carbocycles. The van der Waals surface area contributed by atoms with E-state index in [1.54, 1.807) is 74.7 Å². The molecule has 0 fully saturated rings. The van der Waals surface area contributed by atoms with Gasteiger partial charge in [-0.1, -0.05) is 19.1 Å². The number of hydrogen-bond donors (Lipinski definition) is 1. The Hall–Kier alpha value is -4.00. The summed E-state index contributed by atoms with van der Waals surface area (Å²) in [5, 5.41) is 3.16. The fraction of sp³-hybridized carbons (Fsp3) is 0.167. The van der Waals surface area contributed by atoms with Gasteiger partial charge in [0.2, 0.25) is 16.9 Å². The zero-order valence-electron chi connectivity index (χ0n) is 17.1. The van der Waals surface area contributed by atoms with Crippen molar-refractivity contribution in [3.8, 4) is 23.0 Å². The van der Waals surface area contributed by atoms with Gasteiger partial charge in [0.05, 0.1) is 18.8 Å². The molecule has 1 N–H and O–H groups in total. The monoisotopic (exact) mass is 419 g/mol. The van der Waals surface area contributed by atoms with Crippen LogP contribution in [0.5, 0.6) is 11.5 Å². The zero-order valence-corrected chi connectivity index (χ0v) is 17.1. The Morgan fingerprint density at radius 3 is 2.52 bits per heavy atom. The zero-order chi connectivity index (χ0) is 21.8. The first-order valence-corrected chi connectivity index (χ1v) is 9.82. The molecule has 2 heterocycles.